The summed E-state index contributed by atoms with van der Waals surface area (Å²) in [6.07, 6.45) is 0.799. The Kier molecular flexibility index (Phi) is 7.64. The van der Waals surface area contributed by atoms with Crippen LogP contribution in [-0.4, -0.2) is 47.0 Å². The molecule has 0 aromatic heterocycles. The van der Waals surface area contributed by atoms with Crippen molar-refractivity contribution in [1.29, 1.82) is 0 Å². The Morgan fingerprint density at radius 3 is 2.23 bits per heavy atom. The Morgan fingerprint density at radius 1 is 1.03 bits per heavy atom. The van der Waals surface area contributed by atoms with Gasteiger partial charge in [-0.25, -0.2) is 4.83 Å². The Balaban J connectivity index is 2.33. The lowest BCUT2D eigenvalue weighted by Crippen LogP contribution is -2.18. The van der Waals surface area contributed by atoms with Crippen LogP contribution in [0.2, 0.25) is 0 Å². The van der Waals surface area contributed by atoms with Crippen LogP contribution in [0.25, 0.3) is 0 Å². The number of ether oxygens (including phenoxy) is 4. The molecule has 0 unspecified atom stereocenters. The van der Waals surface area contributed by atoms with E-state index in [9.17, 15) is 18.5 Å². The van der Waals surface area contributed by atoms with Gasteiger partial charge in [-0.05, 0) is 32.0 Å². The molecule has 0 aliphatic heterocycles. The smallest absolute Gasteiger partial charge is 0.315 e. The van der Waals surface area contributed by atoms with E-state index < -0.39 is 14.9 Å². The van der Waals surface area contributed by atoms with Gasteiger partial charge in [-0.2, -0.15) is 13.5 Å². The van der Waals surface area contributed by atoms with Crippen LogP contribution in [0.5, 0.6) is 23.0 Å². The summed E-state index contributed by atoms with van der Waals surface area (Å²) < 4.78 is 45.8. The Morgan fingerprint density at radius 2 is 1.68 bits per heavy atom. The summed E-state index contributed by atoms with van der Waals surface area (Å²) in [6, 6.07) is 6.69. The lowest BCUT2D eigenvalue weighted by atomic mass is 10.2. The van der Waals surface area contributed by atoms with Crippen molar-refractivity contribution in [3.8, 4) is 23.0 Å². The molecule has 2 aromatic carbocycles. The average molecular weight is 453 g/mol. The van der Waals surface area contributed by atoms with E-state index in [-0.39, 0.29) is 39.5 Å². The normalized spacial score (nSPS) is 11.4. The molecular weight excluding hydrogens is 430 g/mol. The number of nitro groups is 1. The Bertz CT molecular complexity index is 1080. The molecule has 0 heterocycles. The predicted octanol–water partition coefficient (Wildman–Crippen LogP) is 2.72. The summed E-state index contributed by atoms with van der Waals surface area (Å²) in [4.78, 5) is 12.8. The highest BCUT2D eigenvalue weighted by Gasteiger charge is 2.23. The molecule has 0 amide bonds. The number of sulfonamides is 1. The average Bonchev–Trinajstić information content (AvgIpc) is 2.73. The predicted molar refractivity (Wildman–Crippen MR) is 113 cm³/mol. The van der Waals surface area contributed by atoms with E-state index in [2.05, 4.69) is 5.10 Å². The van der Waals surface area contributed by atoms with E-state index in [1.54, 1.807) is 13.8 Å². The maximum atomic E-state index is 12.5. The molecule has 31 heavy (non-hydrogen) atoms. The first-order valence-electron chi connectivity index (χ1n) is 8.93. The number of nitro benzene ring substituents is 1. The third-order valence-electron chi connectivity index (χ3n) is 3.88. The minimum absolute atomic E-state index is 0.0226. The second-order valence-corrected chi connectivity index (χ2v) is 8.03. The summed E-state index contributed by atoms with van der Waals surface area (Å²) in [5, 5.41) is 15.1. The largest absolute Gasteiger partial charge is 0.493 e. The van der Waals surface area contributed by atoms with Crippen LogP contribution in [0.15, 0.2) is 40.3 Å². The molecule has 0 fully saturated rings. The van der Waals surface area contributed by atoms with E-state index >= 15 is 0 Å². The minimum atomic E-state index is -4.03. The lowest BCUT2D eigenvalue weighted by molar-refractivity contribution is -0.386. The summed E-state index contributed by atoms with van der Waals surface area (Å²) in [6.45, 7) is 3.45. The topological polar surface area (TPSA) is 139 Å². The number of hydrogen-bond acceptors (Lipinski definition) is 9. The molecule has 11 nitrogen and oxygen atoms in total. The van der Waals surface area contributed by atoms with Crippen molar-refractivity contribution in [1.82, 2.24) is 4.83 Å². The van der Waals surface area contributed by atoms with Crippen molar-refractivity contribution in [3.05, 3.63) is 46.0 Å². The number of methoxy groups -OCH3 is 3. The van der Waals surface area contributed by atoms with Crippen molar-refractivity contribution >= 4 is 21.9 Å². The highest BCUT2D eigenvalue weighted by Crippen LogP contribution is 2.38. The maximum Gasteiger partial charge on any atom is 0.315 e. The first-order chi connectivity index (χ1) is 14.6. The van der Waals surface area contributed by atoms with Crippen molar-refractivity contribution in [2.45, 2.75) is 24.8 Å². The third-order valence-corrected chi connectivity index (χ3v) is 5.10. The number of rotatable bonds is 10. The monoisotopic (exact) mass is 453 g/mol. The molecule has 0 bridgehead atoms. The molecule has 2 aromatic rings. The minimum Gasteiger partial charge on any atom is -0.493 e. The van der Waals surface area contributed by atoms with Gasteiger partial charge in [-0.15, -0.1) is 0 Å². The molecule has 0 aliphatic carbocycles. The molecule has 0 spiro atoms. The zero-order valence-electron chi connectivity index (χ0n) is 17.6. The van der Waals surface area contributed by atoms with Crippen LogP contribution in [-0.2, 0) is 10.0 Å². The van der Waals surface area contributed by atoms with Crippen LogP contribution in [0.3, 0.4) is 0 Å². The van der Waals surface area contributed by atoms with Gasteiger partial charge >= 0.3 is 5.69 Å². The van der Waals surface area contributed by atoms with Gasteiger partial charge in [0, 0.05) is 17.7 Å². The van der Waals surface area contributed by atoms with Crippen LogP contribution < -0.4 is 23.8 Å². The van der Waals surface area contributed by atoms with Crippen LogP contribution in [0.1, 0.15) is 19.4 Å². The highest BCUT2D eigenvalue weighted by atomic mass is 32.2. The van der Waals surface area contributed by atoms with Gasteiger partial charge in [0.2, 0.25) is 5.75 Å². The maximum absolute atomic E-state index is 12.5. The van der Waals surface area contributed by atoms with Gasteiger partial charge < -0.3 is 18.9 Å². The zero-order chi connectivity index (χ0) is 23.2. The summed E-state index contributed by atoms with van der Waals surface area (Å²) in [7, 11) is 0.125. The van der Waals surface area contributed by atoms with Crippen molar-refractivity contribution in [2.75, 3.05) is 21.3 Å². The zero-order valence-corrected chi connectivity index (χ0v) is 18.4. The fourth-order valence-corrected chi connectivity index (χ4v) is 3.34. The first-order valence-corrected chi connectivity index (χ1v) is 10.4. The van der Waals surface area contributed by atoms with Gasteiger partial charge in [0.25, 0.3) is 10.0 Å². The molecule has 0 aliphatic rings. The Labute approximate surface area is 179 Å². The fourth-order valence-electron chi connectivity index (χ4n) is 2.53. The molecule has 2 rings (SSSR count). The molecule has 0 radical (unpaired) electrons. The number of benzene rings is 2. The van der Waals surface area contributed by atoms with E-state index in [1.807, 2.05) is 4.83 Å². The SMILES string of the molecule is COc1ccc(S(=O)(=O)N/N=C/c2cc(OC)c(OC(C)C)c([N+](=O)[O-])c2)cc1OC. The van der Waals surface area contributed by atoms with E-state index in [4.69, 9.17) is 18.9 Å². The van der Waals surface area contributed by atoms with Crippen molar-refractivity contribution in [3.63, 3.8) is 0 Å². The van der Waals surface area contributed by atoms with E-state index in [0.717, 1.165) is 6.21 Å². The van der Waals surface area contributed by atoms with E-state index in [0.29, 0.717) is 5.75 Å². The van der Waals surface area contributed by atoms with Crippen molar-refractivity contribution in [2.24, 2.45) is 5.10 Å². The lowest BCUT2D eigenvalue weighted by Gasteiger charge is -2.14. The Hall–Kier alpha value is -3.54. The second-order valence-electron chi connectivity index (χ2n) is 6.36. The molecule has 168 valence electrons. The molecule has 0 atom stereocenters. The van der Waals surface area contributed by atoms with Crippen LogP contribution in [0, 0.1) is 10.1 Å². The van der Waals surface area contributed by atoms with Crippen LogP contribution in [0.4, 0.5) is 5.69 Å². The molecular formula is C19H23N3O8S. The van der Waals surface area contributed by atoms with Crippen molar-refractivity contribution < 1.29 is 32.3 Å². The fraction of sp³-hybridized carbons (Fsp3) is 0.316. The van der Waals surface area contributed by atoms with E-state index in [1.165, 1.54) is 51.7 Å². The highest BCUT2D eigenvalue weighted by molar-refractivity contribution is 7.89. The molecule has 0 saturated heterocycles. The number of hydrogen-bond donors (Lipinski definition) is 1. The summed E-state index contributed by atoms with van der Waals surface area (Å²) in [5.41, 5.74) is -0.105. The van der Waals surface area contributed by atoms with Gasteiger partial charge in [0.05, 0.1) is 43.5 Å². The number of nitrogens with zero attached hydrogens (tertiary/aromatic N) is 2. The first kappa shape index (κ1) is 23.7. The second kappa shape index (κ2) is 9.98. The quantitative estimate of drug-likeness (QED) is 0.329. The van der Waals surface area contributed by atoms with Gasteiger partial charge in [-0.3, -0.25) is 10.1 Å². The molecule has 1 N–H and O–H groups in total. The van der Waals surface area contributed by atoms with Gasteiger partial charge in [-0.1, -0.05) is 0 Å². The third kappa shape index (κ3) is 5.75. The number of hydrazone groups is 1. The van der Waals surface area contributed by atoms with Crippen LogP contribution >= 0.6 is 0 Å². The molecule has 12 heteroatoms. The summed E-state index contributed by atoms with van der Waals surface area (Å²) in [5.74, 6) is 0.696. The summed E-state index contributed by atoms with van der Waals surface area (Å²) >= 11 is 0. The molecule has 0 saturated carbocycles. The standard InChI is InChI=1S/C19H23N3O8S/c1-12(2)30-19-15(22(23)24)8-13(9-18(19)29-5)11-20-21-31(25,26)14-6-7-16(27-3)17(10-14)28-4/h6-12,21H,1-5H3/b20-11+. The number of nitrogens with one attached hydrogen (secondary N) is 1. The van der Waals surface area contributed by atoms with Gasteiger partial charge in [0.1, 0.15) is 0 Å². The van der Waals surface area contributed by atoms with Gasteiger partial charge in [0.15, 0.2) is 17.2 Å².